The van der Waals surface area contributed by atoms with Crippen molar-refractivity contribution in [1.82, 2.24) is 4.72 Å². The summed E-state index contributed by atoms with van der Waals surface area (Å²) in [5, 5.41) is 8.68. The van der Waals surface area contributed by atoms with Gasteiger partial charge in [-0.3, -0.25) is 0 Å². The van der Waals surface area contributed by atoms with Crippen LogP contribution in [0.15, 0.2) is 34.1 Å². The van der Waals surface area contributed by atoms with Crippen LogP contribution in [0.4, 0.5) is 0 Å². The molecule has 2 N–H and O–H groups in total. The van der Waals surface area contributed by atoms with Gasteiger partial charge in [-0.25, -0.2) is 13.1 Å². The molecular weight excluding hydrogens is 258 g/mol. The molecule has 17 heavy (non-hydrogen) atoms. The molecular formula is C11H17NO3S2. The van der Waals surface area contributed by atoms with Crippen LogP contribution in [-0.4, -0.2) is 31.9 Å². The smallest absolute Gasteiger partial charge is 0.240 e. The second-order valence-corrected chi connectivity index (χ2v) is 6.70. The van der Waals surface area contributed by atoms with Gasteiger partial charge in [0.05, 0.1) is 11.5 Å². The van der Waals surface area contributed by atoms with E-state index in [2.05, 4.69) is 4.72 Å². The number of rotatable bonds is 6. The first-order valence-electron chi connectivity index (χ1n) is 5.32. The van der Waals surface area contributed by atoms with E-state index in [0.717, 1.165) is 4.90 Å². The van der Waals surface area contributed by atoms with Crippen molar-refractivity contribution in [3.05, 3.63) is 24.3 Å². The number of aliphatic hydroxyl groups is 1. The number of thioether (sulfide) groups is 1. The fraction of sp³-hybridized carbons (Fsp3) is 0.455. The van der Waals surface area contributed by atoms with E-state index in [1.54, 1.807) is 38.1 Å². The summed E-state index contributed by atoms with van der Waals surface area (Å²) in [6.07, 6.45) is 0. The molecule has 0 aromatic heterocycles. The molecule has 1 aromatic rings. The minimum atomic E-state index is -3.41. The SMILES string of the molecule is CC(C)NS(=O)(=O)c1ccc(SCCO)cc1. The van der Waals surface area contributed by atoms with Crippen LogP contribution in [0.25, 0.3) is 0 Å². The van der Waals surface area contributed by atoms with Crippen molar-refractivity contribution in [2.75, 3.05) is 12.4 Å². The summed E-state index contributed by atoms with van der Waals surface area (Å²) in [7, 11) is -3.41. The molecule has 0 amide bonds. The lowest BCUT2D eigenvalue weighted by molar-refractivity contribution is 0.322. The average Bonchev–Trinajstić information content (AvgIpc) is 2.25. The Morgan fingerprint density at radius 2 is 1.88 bits per heavy atom. The van der Waals surface area contributed by atoms with Gasteiger partial charge in [-0.1, -0.05) is 0 Å². The number of hydrogen-bond donors (Lipinski definition) is 2. The Bertz CT molecular complexity index is 440. The van der Waals surface area contributed by atoms with Crippen molar-refractivity contribution in [2.45, 2.75) is 29.7 Å². The van der Waals surface area contributed by atoms with Crippen LogP contribution < -0.4 is 4.72 Å². The summed E-state index contributed by atoms with van der Waals surface area (Å²) in [5.41, 5.74) is 0. The number of benzene rings is 1. The molecule has 1 rings (SSSR count). The van der Waals surface area contributed by atoms with Gasteiger partial charge in [0.1, 0.15) is 0 Å². The van der Waals surface area contributed by atoms with Crippen LogP contribution in [-0.2, 0) is 10.0 Å². The highest BCUT2D eigenvalue weighted by atomic mass is 32.2. The summed E-state index contributed by atoms with van der Waals surface area (Å²) in [5.74, 6) is 0.607. The fourth-order valence-corrected chi connectivity index (χ4v) is 3.16. The van der Waals surface area contributed by atoms with E-state index in [9.17, 15) is 8.42 Å². The predicted molar refractivity (Wildman–Crippen MR) is 69.7 cm³/mol. The van der Waals surface area contributed by atoms with Crippen LogP contribution in [0, 0.1) is 0 Å². The van der Waals surface area contributed by atoms with Gasteiger partial charge < -0.3 is 5.11 Å². The maximum absolute atomic E-state index is 11.8. The quantitative estimate of drug-likeness (QED) is 0.771. The Morgan fingerprint density at radius 1 is 1.29 bits per heavy atom. The Labute approximate surface area is 106 Å². The molecule has 0 aliphatic carbocycles. The molecule has 0 atom stereocenters. The van der Waals surface area contributed by atoms with E-state index in [1.807, 2.05) is 0 Å². The van der Waals surface area contributed by atoms with Gasteiger partial charge in [-0.05, 0) is 38.1 Å². The normalized spacial score (nSPS) is 12.0. The van der Waals surface area contributed by atoms with E-state index in [-0.39, 0.29) is 17.5 Å². The predicted octanol–water partition coefficient (Wildman–Crippen LogP) is 1.46. The minimum Gasteiger partial charge on any atom is -0.396 e. The molecule has 1 aromatic carbocycles. The lowest BCUT2D eigenvalue weighted by atomic mass is 10.4. The number of nitrogens with one attached hydrogen (secondary N) is 1. The first-order chi connectivity index (χ1) is 7.95. The first kappa shape index (κ1) is 14.5. The maximum Gasteiger partial charge on any atom is 0.240 e. The molecule has 0 radical (unpaired) electrons. The van der Waals surface area contributed by atoms with Gasteiger partial charge in [-0.15, -0.1) is 11.8 Å². The Balaban J connectivity index is 2.80. The highest BCUT2D eigenvalue weighted by Gasteiger charge is 2.14. The molecule has 0 heterocycles. The average molecular weight is 275 g/mol. The summed E-state index contributed by atoms with van der Waals surface area (Å²) < 4.78 is 26.1. The summed E-state index contributed by atoms with van der Waals surface area (Å²) >= 11 is 1.49. The second-order valence-electron chi connectivity index (χ2n) is 3.82. The van der Waals surface area contributed by atoms with E-state index in [0.29, 0.717) is 5.75 Å². The number of aliphatic hydroxyl groups excluding tert-OH is 1. The van der Waals surface area contributed by atoms with E-state index >= 15 is 0 Å². The third-order valence-corrected chi connectivity index (χ3v) is 4.55. The molecule has 0 aliphatic heterocycles. The van der Waals surface area contributed by atoms with Crippen molar-refractivity contribution in [1.29, 1.82) is 0 Å². The summed E-state index contributed by atoms with van der Waals surface area (Å²) in [6, 6.07) is 6.52. The highest BCUT2D eigenvalue weighted by molar-refractivity contribution is 7.99. The van der Waals surface area contributed by atoms with Crippen LogP contribution in [0.1, 0.15) is 13.8 Å². The lowest BCUT2D eigenvalue weighted by Gasteiger charge is -2.09. The molecule has 0 aliphatic rings. The largest absolute Gasteiger partial charge is 0.396 e. The molecule has 0 unspecified atom stereocenters. The topological polar surface area (TPSA) is 66.4 Å². The van der Waals surface area contributed by atoms with Crippen molar-refractivity contribution in [2.24, 2.45) is 0 Å². The molecule has 0 saturated carbocycles. The van der Waals surface area contributed by atoms with Gasteiger partial charge in [0, 0.05) is 16.7 Å². The molecule has 96 valence electrons. The molecule has 0 spiro atoms. The zero-order valence-corrected chi connectivity index (χ0v) is 11.5. The molecule has 0 fully saturated rings. The Kier molecular flexibility index (Phi) is 5.45. The van der Waals surface area contributed by atoms with Crippen molar-refractivity contribution >= 4 is 21.8 Å². The van der Waals surface area contributed by atoms with Gasteiger partial charge in [0.15, 0.2) is 0 Å². The lowest BCUT2D eigenvalue weighted by Crippen LogP contribution is -2.30. The maximum atomic E-state index is 11.8. The Morgan fingerprint density at radius 3 is 2.35 bits per heavy atom. The zero-order valence-electron chi connectivity index (χ0n) is 9.88. The van der Waals surface area contributed by atoms with E-state index in [4.69, 9.17) is 5.11 Å². The van der Waals surface area contributed by atoms with Crippen molar-refractivity contribution in [3.8, 4) is 0 Å². The van der Waals surface area contributed by atoms with Crippen molar-refractivity contribution < 1.29 is 13.5 Å². The number of hydrogen-bond acceptors (Lipinski definition) is 4. The first-order valence-corrected chi connectivity index (χ1v) is 7.78. The number of sulfonamides is 1. The monoisotopic (exact) mass is 275 g/mol. The van der Waals surface area contributed by atoms with E-state index in [1.165, 1.54) is 11.8 Å². The Hall–Kier alpha value is -0.560. The zero-order chi connectivity index (χ0) is 12.9. The van der Waals surface area contributed by atoms with Crippen molar-refractivity contribution in [3.63, 3.8) is 0 Å². The van der Waals surface area contributed by atoms with Crippen LogP contribution in [0.2, 0.25) is 0 Å². The highest BCUT2D eigenvalue weighted by Crippen LogP contribution is 2.19. The van der Waals surface area contributed by atoms with Gasteiger partial charge >= 0.3 is 0 Å². The molecule has 4 nitrogen and oxygen atoms in total. The van der Waals surface area contributed by atoms with Gasteiger partial charge in [0.2, 0.25) is 10.0 Å². The fourth-order valence-electron chi connectivity index (χ4n) is 1.26. The van der Waals surface area contributed by atoms with Crippen LogP contribution in [0.3, 0.4) is 0 Å². The summed E-state index contributed by atoms with van der Waals surface area (Å²) in [4.78, 5) is 1.21. The third kappa shape index (κ3) is 4.67. The van der Waals surface area contributed by atoms with Crippen LogP contribution >= 0.6 is 11.8 Å². The van der Waals surface area contributed by atoms with Gasteiger partial charge in [-0.2, -0.15) is 0 Å². The van der Waals surface area contributed by atoms with Crippen LogP contribution in [0.5, 0.6) is 0 Å². The van der Waals surface area contributed by atoms with E-state index < -0.39 is 10.0 Å². The molecule has 0 bridgehead atoms. The third-order valence-electron chi connectivity index (χ3n) is 1.88. The second kappa shape index (κ2) is 6.39. The standard InChI is InChI=1S/C11H17NO3S2/c1-9(2)12-17(14,15)11-5-3-10(4-6-11)16-8-7-13/h3-6,9,12-13H,7-8H2,1-2H3. The minimum absolute atomic E-state index is 0.111. The molecule has 0 saturated heterocycles. The van der Waals surface area contributed by atoms with Gasteiger partial charge in [0.25, 0.3) is 0 Å². The summed E-state index contributed by atoms with van der Waals surface area (Å²) in [6.45, 7) is 3.67. The molecule has 6 heteroatoms.